The molecular formula is C5H10Cl2O2. The summed E-state index contributed by atoms with van der Waals surface area (Å²) in [6.45, 7) is 1.78. The Balaban J connectivity index is 0. The predicted octanol–water partition coefficient (Wildman–Crippen LogP) is 1.90. The Morgan fingerprint density at radius 2 is 2.22 bits per heavy atom. The van der Waals surface area contributed by atoms with Gasteiger partial charge in [0, 0.05) is 11.8 Å². The first-order chi connectivity index (χ1) is 3.63. The lowest BCUT2D eigenvalue weighted by atomic mass is 10.2. The molecule has 0 aliphatic heterocycles. The van der Waals surface area contributed by atoms with Gasteiger partial charge in [0.1, 0.15) is 0 Å². The molecule has 1 unspecified atom stereocenters. The number of rotatable bonds is 3. The minimum Gasteiger partial charge on any atom is -0.481 e. The van der Waals surface area contributed by atoms with E-state index >= 15 is 0 Å². The second-order valence-electron chi connectivity index (χ2n) is 1.71. The molecule has 0 aromatic carbocycles. The van der Waals surface area contributed by atoms with Crippen LogP contribution in [0.5, 0.6) is 0 Å². The summed E-state index contributed by atoms with van der Waals surface area (Å²) in [6, 6.07) is 0. The fourth-order valence-corrected chi connectivity index (χ4v) is 0.431. The molecule has 56 valence electrons. The maximum Gasteiger partial charge on any atom is 0.303 e. The minimum atomic E-state index is -0.780. The van der Waals surface area contributed by atoms with Crippen LogP contribution in [0.4, 0.5) is 0 Å². The van der Waals surface area contributed by atoms with Crippen LogP contribution >= 0.6 is 24.0 Å². The average Bonchev–Trinajstić information content (AvgIpc) is 1.61. The number of hydrogen-bond donors (Lipinski definition) is 1. The lowest BCUT2D eigenvalue weighted by Gasteiger charge is -1.95. The van der Waals surface area contributed by atoms with Crippen LogP contribution < -0.4 is 0 Å². The van der Waals surface area contributed by atoms with Gasteiger partial charge >= 0.3 is 5.97 Å². The molecule has 4 heteroatoms. The van der Waals surface area contributed by atoms with Crippen LogP contribution in [0.15, 0.2) is 0 Å². The molecule has 0 fully saturated rings. The third-order valence-corrected chi connectivity index (χ3v) is 0.974. The number of alkyl halides is 1. The van der Waals surface area contributed by atoms with Gasteiger partial charge in [0.25, 0.3) is 0 Å². The Morgan fingerprint density at radius 1 is 1.78 bits per heavy atom. The molecule has 0 aliphatic rings. The first-order valence-corrected chi connectivity index (χ1v) is 2.92. The van der Waals surface area contributed by atoms with Gasteiger partial charge < -0.3 is 5.11 Å². The smallest absolute Gasteiger partial charge is 0.303 e. The van der Waals surface area contributed by atoms with Crippen LogP contribution in [0.1, 0.15) is 19.8 Å². The summed E-state index contributed by atoms with van der Waals surface area (Å²) in [6.07, 6.45) is 0.724. The molecule has 0 aromatic rings. The molecule has 0 aliphatic carbocycles. The molecule has 0 saturated heterocycles. The van der Waals surface area contributed by atoms with E-state index in [-0.39, 0.29) is 24.2 Å². The van der Waals surface area contributed by atoms with Gasteiger partial charge in [0.2, 0.25) is 0 Å². The van der Waals surface area contributed by atoms with Gasteiger partial charge in [-0.3, -0.25) is 4.79 Å². The lowest BCUT2D eigenvalue weighted by molar-refractivity contribution is -0.137. The summed E-state index contributed by atoms with van der Waals surface area (Å²) in [5.41, 5.74) is 0. The maximum atomic E-state index is 9.85. The van der Waals surface area contributed by atoms with Gasteiger partial charge in [-0.05, 0) is 13.3 Å². The van der Waals surface area contributed by atoms with Gasteiger partial charge in [0.05, 0.1) is 0 Å². The van der Waals surface area contributed by atoms with E-state index in [9.17, 15) is 4.79 Å². The summed E-state index contributed by atoms with van der Waals surface area (Å²) in [5.74, 6) is -0.780. The lowest BCUT2D eigenvalue weighted by Crippen LogP contribution is -1.98. The van der Waals surface area contributed by atoms with Crippen LogP contribution in [0.3, 0.4) is 0 Å². The molecule has 2 nitrogen and oxygen atoms in total. The summed E-state index contributed by atoms with van der Waals surface area (Å²) in [7, 11) is 0. The predicted molar refractivity (Wildman–Crippen MR) is 39.4 cm³/mol. The van der Waals surface area contributed by atoms with Crippen molar-refractivity contribution >= 4 is 30.0 Å². The van der Waals surface area contributed by atoms with E-state index in [0.717, 1.165) is 0 Å². The first kappa shape index (κ1) is 11.8. The summed E-state index contributed by atoms with van der Waals surface area (Å²) in [5, 5.41) is 8.08. The monoisotopic (exact) mass is 172 g/mol. The Bertz CT molecular complexity index is 83.0. The Morgan fingerprint density at radius 3 is 2.33 bits per heavy atom. The summed E-state index contributed by atoms with van der Waals surface area (Å²) >= 11 is 5.46. The Labute approximate surface area is 65.6 Å². The fraction of sp³-hybridized carbons (Fsp3) is 0.800. The van der Waals surface area contributed by atoms with E-state index in [1.165, 1.54) is 0 Å². The van der Waals surface area contributed by atoms with Crippen LogP contribution in [0, 0.1) is 0 Å². The third-order valence-electron chi connectivity index (χ3n) is 0.756. The standard InChI is InChI=1S/C5H9ClO2.ClH/c1-4(6)2-3-5(7)8;/h4H,2-3H2,1H3,(H,7,8);1H. The molecule has 0 bridgehead atoms. The number of carboxylic acids is 1. The quantitative estimate of drug-likeness (QED) is 0.661. The normalized spacial score (nSPS) is 11.8. The number of carbonyl (C=O) groups is 1. The molecule has 0 aromatic heterocycles. The Kier molecular flexibility index (Phi) is 8.09. The average molecular weight is 173 g/mol. The fourth-order valence-electron chi connectivity index (χ4n) is 0.322. The van der Waals surface area contributed by atoms with Crippen LogP contribution in [-0.2, 0) is 4.79 Å². The topological polar surface area (TPSA) is 37.3 Å². The van der Waals surface area contributed by atoms with Crippen molar-refractivity contribution in [2.24, 2.45) is 0 Å². The molecule has 0 heterocycles. The van der Waals surface area contributed by atoms with Crippen molar-refractivity contribution in [3.63, 3.8) is 0 Å². The number of carboxylic acid groups (broad SMARTS) is 1. The van der Waals surface area contributed by atoms with Crippen molar-refractivity contribution in [3.05, 3.63) is 0 Å². The van der Waals surface area contributed by atoms with Crippen molar-refractivity contribution in [2.75, 3.05) is 0 Å². The molecular weight excluding hydrogens is 163 g/mol. The third kappa shape index (κ3) is 11.6. The second-order valence-corrected chi connectivity index (χ2v) is 2.46. The van der Waals surface area contributed by atoms with Gasteiger partial charge in [-0.1, -0.05) is 0 Å². The summed E-state index contributed by atoms with van der Waals surface area (Å²) in [4.78, 5) is 9.85. The van der Waals surface area contributed by atoms with Gasteiger partial charge in [-0.2, -0.15) is 0 Å². The Hall–Kier alpha value is 0.0500. The molecule has 9 heavy (non-hydrogen) atoms. The molecule has 0 spiro atoms. The largest absolute Gasteiger partial charge is 0.481 e. The van der Waals surface area contributed by atoms with E-state index in [0.29, 0.717) is 6.42 Å². The van der Waals surface area contributed by atoms with Crippen molar-refractivity contribution in [2.45, 2.75) is 25.1 Å². The number of aliphatic carboxylic acids is 1. The van der Waals surface area contributed by atoms with E-state index in [4.69, 9.17) is 16.7 Å². The number of halogens is 2. The van der Waals surface area contributed by atoms with Crippen molar-refractivity contribution in [1.29, 1.82) is 0 Å². The van der Waals surface area contributed by atoms with Crippen LogP contribution in [0.25, 0.3) is 0 Å². The minimum absolute atomic E-state index is 0. The zero-order chi connectivity index (χ0) is 6.57. The molecule has 1 N–H and O–H groups in total. The second kappa shape index (κ2) is 6.17. The van der Waals surface area contributed by atoms with E-state index < -0.39 is 5.97 Å². The van der Waals surface area contributed by atoms with E-state index in [2.05, 4.69) is 0 Å². The molecule has 0 saturated carbocycles. The highest BCUT2D eigenvalue weighted by Crippen LogP contribution is 2.02. The summed E-state index contributed by atoms with van der Waals surface area (Å²) < 4.78 is 0. The highest BCUT2D eigenvalue weighted by molar-refractivity contribution is 6.20. The SMILES string of the molecule is CC(Cl)CCC(=O)O.Cl. The van der Waals surface area contributed by atoms with Crippen LogP contribution in [-0.4, -0.2) is 16.5 Å². The highest BCUT2D eigenvalue weighted by Gasteiger charge is 1.99. The maximum absolute atomic E-state index is 9.85. The van der Waals surface area contributed by atoms with E-state index in [1.54, 1.807) is 6.92 Å². The van der Waals surface area contributed by atoms with Gasteiger partial charge in [-0.15, -0.1) is 24.0 Å². The molecule has 0 amide bonds. The molecule has 0 rings (SSSR count). The molecule has 1 atom stereocenters. The highest BCUT2D eigenvalue weighted by atomic mass is 35.5. The van der Waals surface area contributed by atoms with Crippen molar-refractivity contribution in [1.82, 2.24) is 0 Å². The first-order valence-electron chi connectivity index (χ1n) is 2.49. The van der Waals surface area contributed by atoms with Gasteiger partial charge in [0.15, 0.2) is 0 Å². The zero-order valence-electron chi connectivity index (χ0n) is 5.13. The van der Waals surface area contributed by atoms with Crippen LogP contribution in [0.2, 0.25) is 0 Å². The van der Waals surface area contributed by atoms with Crippen molar-refractivity contribution < 1.29 is 9.90 Å². The number of hydrogen-bond acceptors (Lipinski definition) is 1. The zero-order valence-corrected chi connectivity index (χ0v) is 6.71. The van der Waals surface area contributed by atoms with Gasteiger partial charge in [-0.25, -0.2) is 0 Å². The van der Waals surface area contributed by atoms with Crippen molar-refractivity contribution in [3.8, 4) is 0 Å². The van der Waals surface area contributed by atoms with E-state index in [1.807, 2.05) is 0 Å². The molecule has 0 radical (unpaired) electrons.